The van der Waals surface area contributed by atoms with Crippen LogP contribution in [0.4, 0.5) is 0 Å². The Morgan fingerprint density at radius 2 is 2.21 bits per heavy atom. The van der Waals surface area contributed by atoms with Gasteiger partial charge >= 0.3 is 0 Å². The second kappa shape index (κ2) is 4.12. The van der Waals surface area contributed by atoms with Crippen LogP contribution in [0.25, 0.3) is 0 Å². The minimum Gasteiger partial charge on any atom is -0.295 e. The highest BCUT2D eigenvalue weighted by Crippen LogP contribution is 2.41. The average Bonchev–Trinajstić information content (AvgIpc) is 2.10. The molecule has 0 spiro atoms. The molecule has 1 rings (SSSR count). The summed E-state index contributed by atoms with van der Waals surface area (Å²) in [6.07, 6.45) is 7.85. The summed E-state index contributed by atoms with van der Waals surface area (Å²) in [7, 11) is 0. The number of hydrogen-bond acceptors (Lipinski definition) is 1. The molecule has 0 aromatic heterocycles. The van der Waals surface area contributed by atoms with Gasteiger partial charge in [-0.25, -0.2) is 0 Å². The van der Waals surface area contributed by atoms with Crippen LogP contribution in [0.3, 0.4) is 0 Å². The standard InChI is InChI=1S/C13H20O/c1-5-7-12(14)11-9-6-8-10(2)13(11,3)4/h5,7-8,11H,6,9H2,1-4H3/b7-5+. The van der Waals surface area contributed by atoms with Crippen LogP contribution in [0, 0.1) is 11.3 Å². The summed E-state index contributed by atoms with van der Waals surface area (Å²) in [6.45, 7) is 8.37. The van der Waals surface area contributed by atoms with Gasteiger partial charge < -0.3 is 0 Å². The van der Waals surface area contributed by atoms with E-state index in [0.29, 0.717) is 0 Å². The van der Waals surface area contributed by atoms with E-state index in [0.717, 1.165) is 12.8 Å². The maximum Gasteiger partial charge on any atom is 0.159 e. The van der Waals surface area contributed by atoms with Crippen LogP contribution < -0.4 is 0 Å². The fourth-order valence-corrected chi connectivity index (χ4v) is 2.14. The van der Waals surface area contributed by atoms with Gasteiger partial charge in [-0.05, 0) is 38.2 Å². The summed E-state index contributed by atoms with van der Waals surface area (Å²) in [5.41, 5.74) is 1.39. The average molecular weight is 192 g/mol. The lowest BCUT2D eigenvalue weighted by molar-refractivity contribution is -0.121. The van der Waals surface area contributed by atoms with Gasteiger partial charge in [0.25, 0.3) is 0 Å². The first-order chi connectivity index (χ1) is 6.50. The summed E-state index contributed by atoms with van der Waals surface area (Å²) >= 11 is 0. The third kappa shape index (κ3) is 1.97. The second-order valence-electron chi connectivity index (χ2n) is 4.64. The number of rotatable bonds is 2. The Morgan fingerprint density at radius 1 is 1.57 bits per heavy atom. The minimum atomic E-state index is 0.0366. The zero-order chi connectivity index (χ0) is 10.8. The summed E-state index contributed by atoms with van der Waals surface area (Å²) in [6, 6.07) is 0. The monoisotopic (exact) mass is 192 g/mol. The van der Waals surface area contributed by atoms with Crippen molar-refractivity contribution in [2.24, 2.45) is 11.3 Å². The Balaban J connectivity index is 2.91. The zero-order valence-corrected chi connectivity index (χ0v) is 9.63. The predicted molar refractivity (Wildman–Crippen MR) is 60.1 cm³/mol. The van der Waals surface area contributed by atoms with E-state index in [9.17, 15) is 4.79 Å². The molecule has 0 heterocycles. The summed E-state index contributed by atoms with van der Waals surface area (Å²) in [5, 5.41) is 0. The van der Waals surface area contributed by atoms with Crippen LogP contribution in [0.5, 0.6) is 0 Å². The first kappa shape index (κ1) is 11.2. The highest BCUT2D eigenvalue weighted by Gasteiger charge is 2.36. The van der Waals surface area contributed by atoms with Gasteiger partial charge in [-0.1, -0.05) is 31.6 Å². The molecular formula is C13H20O. The van der Waals surface area contributed by atoms with Crippen LogP contribution in [-0.2, 0) is 4.79 Å². The maximum atomic E-state index is 11.8. The first-order valence-electron chi connectivity index (χ1n) is 5.34. The Morgan fingerprint density at radius 3 is 2.79 bits per heavy atom. The van der Waals surface area contributed by atoms with E-state index in [1.165, 1.54) is 5.57 Å². The molecule has 0 saturated heterocycles. The number of allylic oxidation sites excluding steroid dienone is 4. The SMILES string of the molecule is C/C=C/C(=O)C1CCC=C(C)C1(C)C. The molecule has 0 amide bonds. The maximum absolute atomic E-state index is 11.8. The predicted octanol–water partition coefficient (Wildman–Crippen LogP) is 3.51. The molecule has 0 aromatic carbocycles. The fourth-order valence-electron chi connectivity index (χ4n) is 2.14. The molecule has 0 N–H and O–H groups in total. The van der Waals surface area contributed by atoms with Gasteiger partial charge in [-0.3, -0.25) is 4.79 Å². The lowest BCUT2D eigenvalue weighted by atomic mass is 9.66. The van der Waals surface area contributed by atoms with Crippen molar-refractivity contribution in [2.75, 3.05) is 0 Å². The molecule has 0 saturated carbocycles. The van der Waals surface area contributed by atoms with Crippen LogP contribution in [0.2, 0.25) is 0 Å². The van der Waals surface area contributed by atoms with Crippen molar-refractivity contribution >= 4 is 5.78 Å². The quantitative estimate of drug-likeness (QED) is 0.483. The van der Waals surface area contributed by atoms with Crippen molar-refractivity contribution in [3.8, 4) is 0 Å². The molecule has 1 heteroatoms. The molecular weight excluding hydrogens is 172 g/mol. The lowest BCUT2D eigenvalue weighted by Crippen LogP contribution is -2.33. The summed E-state index contributed by atoms with van der Waals surface area (Å²) in [4.78, 5) is 11.8. The number of hydrogen-bond donors (Lipinski definition) is 0. The van der Waals surface area contributed by atoms with E-state index in [-0.39, 0.29) is 17.1 Å². The van der Waals surface area contributed by atoms with E-state index in [2.05, 4.69) is 26.8 Å². The zero-order valence-electron chi connectivity index (χ0n) is 9.63. The van der Waals surface area contributed by atoms with E-state index in [1.54, 1.807) is 6.08 Å². The van der Waals surface area contributed by atoms with Gasteiger partial charge in [0.15, 0.2) is 5.78 Å². The highest BCUT2D eigenvalue weighted by atomic mass is 16.1. The molecule has 1 unspecified atom stereocenters. The van der Waals surface area contributed by atoms with Gasteiger partial charge in [0.1, 0.15) is 0 Å². The highest BCUT2D eigenvalue weighted by molar-refractivity contribution is 5.92. The van der Waals surface area contributed by atoms with Gasteiger partial charge in [0.05, 0.1) is 0 Å². The van der Waals surface area contributed by atoms with E-state index in [1.807, 2.05) is 13.0 Å². The third-order valence-electron chi connectivity index (χ3n) is 3.47. The van der Waals surface area contributed by atoms with Crippen molar-refractivity contribution in [1.82, 2.24) is 0 Å². The van der Waals surface area contributed by atoms with Crippen LogP contribution in [0.1, 0.15) is 40.5 Å². The van der Waals surface area contributed by atoms with Crippen molar-refractivity contribution in [2.45, 2.75) is 40.5 Å². The molecule has 1 nitrogen and oxygen atoms in total. The van der Waals surface area contributed by atoms with E-state index in [4.69, 9.17) is 0 Å². The molecule has 0 bridgehead atoms. The normalized spacial score (nSPS) is 26.3. The van der Waals surface area contributed by atoms with Crippen molar-refractivity contribution in [1.29, 1.82) is 0 Å². The molecule has 0 radical (unpaired) electrons. The Kier molecular flexibility index (Phi) is 3.30. The number of carbonyl (C=O) groups is 1. The third-order valence-corrected chi connectivity index (χ3v) is 3.47. The van der Waals surface area contributed by atoms with Gasteiger partial charge in [-0.2, -0.15) is 0 Å². The van der Waals surface area contributed by atoms with Gasteiger partial charge in [0.2, 0.25) is 0 Å². The van der Waals surface area contributed by atoms with Crippen LogP contribution >= 0.6 is 0 Å². The molecule has 1 atom stereocenters. The summed E-state index contributed by atoms with van der Waals surface area (Å²) < 4.78 is 0. The number of carbonyl (C=O) groups excluding carboxylic acids is 1. The van der Waals surface area contributed by atoms with Crippen molar-refractivity contribution in [3.05, 3.63) is 23.8 Å². The number of ketones is 1. The molecule has 14 heavy (non-hydrogen) atoms. The van der Waals surface area contributed by atoms with Crippen LogP contribution in [-0.4, -0.2) is 5.78 Å². The van der Waals surface area contributed by atoms with Gasteiger partial charge in [0, 0.05) is 5.92 Å². The first-order valence-corrected chi connectivity index (χ1v) is 5.34. The molecule has 1 aliphatic carbocycles. The smallest absolute Gasteiger partial charge is 0.159 e. The Hall–Kier alpha value is -0.850. The topological polar surface area (TPSA) is 17.1 Å². The lowest BCUT2D eigenvalue weighted by Gasteiger charge is -2.37. The largest absolute Gasteiger partial charge is 0.295 e. The van der Waals surface area contributed by atoms with E-state index >= 15 is 0 Å². The van der Waals surface area contributed by atoms with E-state index < -0.39 is 0 Å². The van der Waals surface area contributed by atoms with Crippen LogP contribution in [0.15, 0.2) is 23.8 Å². The molecule has 78 valence electrons. The summed E-state index contributed by atoms with van der Waals surface area (Å²) in [5.74, 6) is 0.452. The Bertz CT molecular complexity index is 282. The minimum absolute atomic E-state index is 0.0366. The second-order valence-corrected chi connectivity index (χ2v) is 4.64. The van der Waals surface area contributed by atoms with Gasteiger partial charge in [-0.15, -0.1) is 0 Å². The fraction of sp³-hybridized carbons (Fsp3) is 0.615. The molecule has 0 aliphatic heterocycles. The molecule has 0 fully saturated rings. The van der Waals surface area contributed by atoms with Crippen molar-refractivity contribution < 1.29 is 4.79 Å². The van der Waals surface area contributed by atoms with Crippen molar-refractivity contribution in [3.63, 3.8) is 0 Å². The Labute approximate surface area is 86.9 Å². The molecule has 0 aromatic rings. The molecule has 1 aliphatic rings.